The molecule has 0 aliphatic rings. The normalized spacial score (nSPS) is 12.1. The smallest absolute Gasteiger partial charge is 0.303 e. The van der Waals surface area contributed by atoms with Crippen LogP contribution < -0.4 is 5.32 Å². The molecule has 0 aliphatic heterocycles. The zero-order valence-electron chi connectivity index (χ0n) is 11.2. The van der Waals surface area contributed by atoms with Gasteiger partial charge in [0.05, 0.1) is 0 Å². The van der Waals surface area contributed by atoms with E-state index < -0.39 is 5.97 Å². The molecule has 1 heterocycles. The van der Waals surface area contributed by atoms with E-state index in [0.29, 0.717) is 12.2 Å². The maximum atomic E-state index is 12.1. The second kappa shape index (κ2) is 6.14. The van der Waals surface area contributed by atoms with E-state index in [1.54, 1.807) is 13.1 Å². The lowest BCUT2D eigenvalue weighted by Gasteiger charge is -2.11. The summed E-state index contributed by atoms with van der Waals surface area (Å²) in [6.45, 7) is 2.10. The van der Waals surface area contributed by atoms with Gasteiger partial charge in [0.1, 0.15) is 5.69 Å². The third-order valence-electron chi connectivity index (χ3n) is 3.02. The van der Waals surface area contributed by atoms with Gasteiger partial charge in [-0.2, -0.15) is 0 Å². The van der Waals surface area contributed by atoms with Crippen molar-refractivity contribution in [3.8, 4) is 0 Å². The fourth-order valence-corrected chi connectivity index (χ4v) is 2.02. The Balaban J connectivity index is 2.10. The topological polar surface area (TPSA) is 79.3 Å². The average molecular weight is 272 g/mol. The van der Waals surface area contributed by atoms with Crippen LogP contribution >= 0.6 is 0 Å². The molecule has 2 rings (SSSR count). The van der Waals surface area contributed by atoms with Crippen LogP contribution in [0.25, 0.3) is 10.8 Å². The minimum atomic E-state index is -0.866. The van der Waals surface area contributed by atoms with Gasteiger partial charge in [0.2, 0.25) is 0 Å². The summed E-state index contributed by atoms with van der Waals surface area (Å²) in [7, 11) is 0. The van der Waals surface area contributed by atoms with Crippen molar-refractivity contribution in [3.05, 3.63) is 42.2 Å². The molecule has 5 heteroatoms. The van der Waals surface area contributed by atoms with Crippen LogP contribution in [0.5, 0.6) is 0 Å². The van der Waals surface area contributed by atoms with E-state index in [1.807, 2.05) is 30.3 Å². The van der Waals surface area contributed by atoms with Crippen LogP contribution in [0.4, 0.5) is 0 Å². The number of pyridine rings is 1. The van der Waals surface area contributed by atoms with Gasteiger partial charge in [-0.25, -0.2) is 0 Å². The van der Waals surface area contributed by atoms with E-state index in [9.17, 15) is 9.59 Å². The van der Waals surface area contributed by atoms with Crippen LogP contribution in [-0.2, 0) is 4.79 Å². The summed E-state index contributed by atoms with van der Waals surface area (Å²) in [5.41, 5.74) is 0.366. The third-order valence-corrected chi connectivity index (χ3v) is 3.02. The number of carbonyl (C=O) groups is 2. The molecular formula is C15H16N2O3. The predicted octanol–water partition coefficient (Wildman–Crippen LogP) is 2.08. The van der Waals surface area contributed by atoms with Crippen molar-refractivity contribution in [1.82, 2.24) is 10.3 Å². The number of benzene rings is 1. The standard InChI is InChI=1S/C15H16N2O3/c1-10(8-13(18)19)9-17-15(20)14-12-5-3-2-4-11(12)6-7-16-14/h2-7,10H,8-9H2,1H3,(H,17,20)(H,18,19). The number of aliphatic carboxylic acids is 1. The van der Waals surface area contributed by atoms with Crippen LogP contribution in [-0.4, -0.2) is 28.5 Å². The fraction of sp³-hybridized carbons (Fsp3) is 0.267. The molecule has 1 atom stereocenters. The van der Waals surface area contributed by atoms with Crippen molar-refractivity contribution < 1.29 is 14.7 Å². The van der Waals surface area contributed by atoms with Crippen molar-refractivity contribution in [2.45, 2.75) is 13.3 Å². The highest BCUT2D eigenvalue weighted by molar-refractivity contribution is 6.05. The Morgan fingerprint density at radius 1 is 1.30 bits per heavy atom. The molecule has 0 saturated carbocycles. The molecule has 0 spiro atoms. The van der Waals surface area contributed by atoms with Crippen molar-refractivity contribution in [3.63, 3.8) is 0 Å². The average Bonchev–Trinajstić information content (AvgIpc) is 2.43. The van der Waals surface area contributed by atoms with Crippen molar-refractivity contribution in [2.24, 2.45) is 5.92 Å². The van der Waals surface area contributed by atoms with Crippen LogP contribution in [0.2, 0.25) is 0 Å². The molecule has 1 amide bonds. The summed E-state index contributed by atoms with van der Waals surface area (Å²) in [6.07, 6.45) is 1.63. The Labute approximate surface area is 116 Å². The highest BCUT2D eigenvalue weighted by Crippen LogP contribution is 2.16. The van der Waals surface area contributed by atoms with Crippen LogP contribution in [0.3, 0.4) is 0 Å². The van der Waals surface area contributed by atoms with Gasteiger partial charge >= 0.3 is 5.97 Å². The first-order chi connectivity index (χ1) is 9.58. The minimum Gasteiger partial charge on any atom is -0.481 e. The molecule has 2 aromatic rings. The Hall–Kier alpha value is -2.43. The van der Waals surface area contributed by atoms with Crippen LogP contribution in [0, 0.1) is 5.92 Å². The van der Waals surface area contributed by atoms with E-state index >= 15 is 0 Å². The second-order valence-corrected chi connectivity index (χ2v) is 4.79. The number of carbonyl (C=O) groups excluding carboxylic acids is 1. The first kappa shape index (κ1) is 14.0. The van der Waals surface area contributed by atoms with E-state index in [0.717, 1.165) is 10.8 Å². The van der Waals surface area contributed by atoms with E-state index in [2.05, 4.69) is 10.3 Å². The molecular weight excluding hydrogens is 256 g/mol. The lowest BCUT2D eigenvalue weighted by atomic mass is 10.1. The third kappa shape index (κ3) is 3.32. The summed E-state index contributed by atoms with van der Waals surface area (Å²) in [5.74, 6) is -1.26. The summed E-state index contributed by atoms with van der Waals surface area (Å²) < 4.78 is 0. The second-order valence-electron chi connectivity index (χ2n) is 4.79. The lowest BCUT2D eigenvalue weighted by Crippen LogP contribution is -2.30. The zero-order chi connectivity index (χ0) is 14.5. The number of fused-ring (bicyclic) bond motifs is 1. The number of hydrogen-bond acceptors (Lipinski definition) is 3. The van der Waals surface area contributed by atoms with Gasteiger partial charge in [-0.3, -0.25) is 14.6 Å². The Morgan fingerprint density at radius 2 is 2.05 bits per heavy atom. The van der Waals surface area contributed by atoms with Crippen molar-refractivity contribution in [2.75, 3.05) is 6.54 Å². The molecule has 2 N–H and O–H groups in total. The van der Waals surface area contributed by atoms with Gasteiger partial charge in [0.25, 0.3) is 5.91 Å². The highest BCUT2D eigenvalue weighted by atomic mass is 16.4. The van der Waals surface area contributed by atoms with E-state index in [-0.39, 0.29) is 18.2 Å². The van der Waals surface area contributed by atoms with Crippen molar-refractivity contribution >= 4 is 22.6 Å². The summed E-state index contributed by atoms with van der Waals surface area (Å²) in [4.78, 5) is 26.8. The van der Waals surface area contributed by atoms with Crippen molar-refractivity contribution in [1.29, 1.82) is 0 Å². The first-order valence-electron chi connectivity index (χ1n) is 6.41. The molecule has 0 bridgehead atoms. The van der Waals surface area contributed by atoms with Crippen LogP contribution in [0.15, 0.2) is 36.5 Å². The monoisotopic (exact) mass is 272 g/mol. The lowest BCUT2D eigenvalue weighted by molar-refractivity contribution is -0.137. The number of rotatable bonds is 5. The fourth-order valence-electron chi connectivity index (χ4n) is 2.02. The molecule has 0 fully saturated rings. The van der Waals surface area contributed by atoms with Gasteiger partial charge in [-0.15, -0.1) is 0 Å². The van der Waals surface area contributed by atoms with Gasteiger partial charge in [-0.1, -0.05) is 31.2 Å². The van der Waals surface area contributed by atoms with E-state index in [4.69, 9.17) is 5.11 Å². The molecule has 5 nitrogen and oxygen atoms in total. The van der Waals surface area contributed by atoms with Gasteiger partial charge < -0.3 is 10.4 Å². The maximum Gasteiger partial charge on any atom is 0.303 e. The number of carboxylic acid groups (broad SMARTS) is 1. The number of nitrogens with zero attached hydrogens (tertiary/aromatic N) is 1. The number of nitrogens with one attached hydrogen (secondary N) is 1. The van der Waals surface area contributed by atoms with E-state index in [1.165, 1.54) is 0 Å². The molecule has 1 aromatic carbocycles. The quantitative estimate of drug-likeness (QED) is 0.873. The van der Waals surface area contributed by atoms with Gasteiger partial charge in [0.15, 0.2) is 0 Å². The molecule has 1 unspecified atom stereocenters. The molecule has 0 radical (unpaired) electrons. The maximum absolute atomic E-state index is 12.1. The molecule has 1 aromatic heterocycles. The molecule has 104 valence electrons. The Kier molecular flexibility index (Phi) is 4.30. The van der Waals surface area contributed by atoms with Gasteiger partial charge in [0, 0.05) is 24.5 Å². The van der Waals surface area contributed by atoms with Crippen LogP contribution in [0.1, 0.15) is 23.8 Å². The summed E-state index contributed by atoms with van der Waals surface area (Å²) >= 11 is 0. The highest BCUT2D eigenvalue weighted by Gasteiger charge is 2.13. The minimum absolute atomic E-state index is 0.0310. The number of aromatic nitrogens is 1. The SMILES string of the molecule is CC(CNC(=O)c1nccc2ccccc12)CC(=O)O. The Morgan fingerprint density at radius 3 is 2.80 bits per heavy atom. The molecule has 20 heavy (non-hydrogen) atoms. The Bertz CT molecular complexity index is 635. The summed E-state index contributed by atoms with van der Waals surface area (Å²) in [5, 5.41) is 13.2. The summed E-state index contributed by atoms with van der Waals surface area (Å²) in [6, 6.07) is 9.37. The number of carboxylic acids is 1. The number of hydrogen-bond donors (Lipinski definition) is 2. The predicted molar refractivity (Wildman–Crippen MR) is 75.5 cm³/mol. The zero-order valence-corrected chi connectivity index (χ0v) is 11.2. The molecule has 0 aliphatic carbocycles. The molecule has 0 saturated heterocycles. The number of amides is 1. The van der Waals surface area contributed by atoms with Gasteiger partial charge in [-0.05, 0) is 17.4 Å². The first-order valence-corrected chi connectivity index (χ1v) is 6.41. The largest absolute Gasteiger partial charge is 0.481 e.